The van der Waals surface area contributed by atoms with Gasteiger partial charge in [-0.2, -0.15) is 5.10 Å². The monoisotopic (exact) mass is 448 g/mol. The molecule has 0 radical (unpaired) electrons. The van der Waals surface area contributed by atoms with Crippen molar-refractivity contribution >= 4 is 58.6 Å². The molecular formula is C19H17ClN4OS3. The van der Waals surface area contributed by atoms with Crippen LogP contribution in [0, 0.1) is 6.92 Å². The second-order valence-electron chi connectivity index (χ2n) is 5.74. The molecule has 1 amide bonds. The first-order valence-corrected chi connectivity index (χ1v) is 11.5. The zero-order chi connectivity index (χ0) is 19.8. The van der Waals surface area contributed by atoms with Gasteiger partial charge in [0.05, 0.1) is 12.0 Å². The van der Waals surface area contributed by atoms with Crippen LogP contribution in [-0.4, -0.2) is 28.1 Å². The molecule has 2 aromatic carbocycles. The van der Waals surface area contributed by atoms with E-state index in [4.69, 9.17) is 11.6 Å². The highest BCUT2D eigenvalue weighted by atomic mass is 35.5. The topological polar surface area (TPSA) is 67.2 Å². The van der Waals surface area contributed by atoms with Gasteiger partial charge in [0.25, 0.3) is 5.91 Å². The van der Waals surface area contributed by atoms with E-state index in [0.717, 1.165) is 25.0 Å². The molecule has 0 saturated carbocycles. The maximum absolute atomic E-state index is 11.9. The lowest BCUT2D eigenvalue weighted by Gasteiger charge is -1.98. The molecule has 0 aliphatic rings. The lowest BCUT2D eigenvalue weighted by Crippen LogP contribution is -2.19. The normalized spacial score (nSPS) is 11.1. The number of nitrogens with one attached hydrogen (secondary N) is 1. The lowest BCUT2D eigenvalue weighted by molar-refractivity contribution is -0.118. The van der Waals surface area contributed by atoms with Gasteiger partial charge in [0.1, 0.15) is 0 Å². The number of hydrogen-bond acceptors (Lipinski definition) is 7. The van der Waals surface area contributed by atoms with Crippen molar-refractivity contribution in [3.63, 3.8) is 0 Å². The second kappa shape index (κ2) is 10.6. The number of amides is 1. The Morgan fingerprint density at radius 2 is 1.79 bits per heavy atom. The Kier molecular flexibility index (Phi) is 7.90. The number of aromatic nitrogens is 2. The first-order chi connectivity index (χ1) is 13.6. The smallest absolute Gasteiger partial charge is 0.250 e. The summed E-state index contributed by atoms with van der Waals surface area (Å²) < 4.78 is 1.63. The minimum Gasteiger partial charge on any atom is -0.272 e. The number of nitrogens with zero attached hydrogens (tertiary/aromatic N) is 3. The average molecular weight is 449 g/mol. The summed E-state index contributed by atoms with van der Waals surface area (Å²) in [5.41, 5.74) is 5.81. The van der Waals surface area contributed by atoms with E-state index in [2.05, 4.69) is 20.7 Å². The number of carbonyl (C=O) groups is 1. The standard InChI is InChI=1S/C19H17ClN4OS3/c1-13-2-4-14(5-3-13)10-21-22-17(25)12-27-19-24-23-18(28-19)26-11-15-6-8-16(20)9-7-15/h2-10H,11-12H2,1H3,(H,22,25). The van der Waals surface area contributed by atoms with Gasteiger partial charge in [-0.15, -0.1) is 10.2 Å². The Labute approximate surface area is 181 Å². The van der Waals surface area contributed by atoms with Gasteiger partial charge < -0.3 is 0 Å². The minimum atomic E-state index is -0.182. The van der Waals surface area contributed by atoms with E-state index in [9.17, 15) is 4.79 Å². The maximum Gasteiger partial charge on any atom is 0.250 e. The Morgan fingerprint density at radius 3 is 2.50 bits per heavy atom. The van der Waals surface area contributed by atoms with Crippen LogP contribution >= 0.6 is 46.5 Å². The summed E-state index contributed by atoms with van der Waals surface area (Å²) in [6.07, 6.45) is 1.62. The van der Waals surface area contributed by atoms with E-state index >= 15 is 0 Å². The Hall–Kier alpha value is -1.87. The Bertz CT molecular complexity index is 943. The molecule has 28 heavy (non-hydrogen) atoms. The number of halogens is 1. The number of carbonyl (C=O) groups excluding carboxylic acids is 1. The SMILES string of the molecule is Cc1ccc(C=NNC(=O)CSc2nnc(SCc3ccc(Cl)cc3)s2)cc1. The van der Waals surface area contributed by atoms with Crippen LogP contribution in [0.15, 0.2) is 62.3 Å². The molecule has 3 rings (SSSR count). The molecule has 0 bridgehead atoms. The molecule has 0 atom stereocenters. The number of hydrogen-bond donors (Lipinski definition) is 1. The highest BCUT2D eigenvalue weighted by Gasteiger charge is 2.08. The van der Waals surface area contributed by atoms with Gasteiger partial charge in [0.2, 0.25) is 0 Å². The molecule has 3 aromatic rings. The number of rotatable bonds is 8. The van der Waals surface area contributed by atoms with Gasteiger partial charge in [-0.25, -0.2) is 5.43 Å². The van der Waals surface area contributed by atoms with Gasteiger partial charge in [0.15, 0.2) is 8.68 Å². The summed E-state index contributed by atoms with van der Waals surface area (Å²) >= 11 is 10.3. The third kappa shape index (κ3) is 6.94. The van der Waals surface area contributed by atoms with Gasteiger partial charge >= 0.3 is 0 Å². The molecule has 1 heterocycles. The molecule has 9 heteroatoms. The van der Waals surface area contributed by atoms with Crippen molar-refractivity contribution in [2.24, 2.45) is 5.10 Å². The molecule has 0 aliphatic heterocycles. The first-order valence-electron chi connectivity index (χ1n) is 8.30. The van der Waals surface area contributed by atoms with Crippen molar-refractivity contribution < 1.29 is 4.79 Å². The Morgan fingerprint density at radius 1 is 1.11 bits per heavy atom. The number of hydrazone groups is 1. The third-order valence-corrected chi connectivity index (χ3v) is 6.98. The predicted molar refractivity (Wildman–Crippen MR) is 119 cm³/mol. The largest absolute Gasteiger partial charge is 0.272 e. The van der Waals surface area contributed by atoms with Crippen LogP contribution in [0.4, 0.5) is 0 Å². The fourth-order valence-corrected chi connectivity index (χ4v) is 4.92. The van der Waals surface area contributed by atoms with Gasteiger partial charge in [0, 0.05) is 10.8 Å². The van der Waals surface area contributed by atoms with Crippen LogP contribution in [0.25, 0.3) is 0 Å². The van der Waals surface area contributed by atoms with Crippen molar-refractivity contribution in [1.82, 2.24) is 15.6 Å². The summed E-state index contributed by atoms with van der Waals surface area (Å²) in [6, 6.07) is 15.6. The third-order valence-electron chi connectivity index (χ3n) is 3.47. The summed E-state index contributed by atoms with van der Waals surface area (Å²) in [7, 11) is 0. The molecule has 1 aromatic heterocycles. The minimum absolute atomic E-state index is 0.182. The van der Waals surface area contributed by atoms with Gasteiger partial charge in [-0.1, -0.05) is 88.4 Å². The molecule has 0 unspecified atom stereocenters. The predicted octanol–water partition coefficient (Wildman–Crippen LogP) is 5.03. The molecule has 5 nitrogen and oxygen atoms in total. The van der Waals surface area contributed by atoms with Crippen molar-refractivity contribution in [1.29, 1.82) is 0 Å². The van der Waals surface area contributed by atoms with E-state index in [1.165, 1.54) is 34.2 Å². The van der Waals surface area contributed by atoms with Gasteiger partial charge in [-0.05, 0) is 30.2 Å². The molecular weight excluding hydrogens is 432 g/mol. The van der Waals surface area contributed by atoms with Crippen LogP contribution in [0.2, 0.25) is 5.02 Å². The summed E-state index contributed by atoms with van der Waals surface area (Å²) in [4.78, 5) is 11.9. The quantitative estimate of drug-likeness (QED) is 0.297. The maximum atomic E-state index is 11.9. The van der Waals surface area contributed by atoms with Crippen LogP contribution in [-0.2, 0) is 10.5 Å². The van der Waals surface area contributed by atoms with E-state index in [1.54, 1.807) is 18.0 Å². The first kappa shape index (κ1) is 20.9. The average Bonchev–Trinajstić information content (AvgIpc) is 3.15. The van der Waals surface area contributed by atoms with Crippen LogP contribution in [0.1, 0.15) is 16.7 Å². The molecule has 144 valence electrons. The fraction of sp³-hybridized carbons (Fsp3) is 0.158. The second-order valence-corrected chi connectivity index (χ2v) is 9.60. The number of thioether (sulfide) groups is 2. The Balaban J connectivity index is 1.40. The highest BCUT2D eigenvalue weighted by molar-refractivity contribution is 8.03. The summed E-state index contributed by atoms with van der Waals surface area (Å²) in [6.45, 7) is 2.02. The molecule has 1 N–H and O–H groups in total. The van der Waals surface area contributed by atoms with Crippen molar-refractivity contribution in [2.75, 3.05) is 5.75 Å². The fourth-order valence-electron chi connectivity index (χ4n) is 2.03. The van der Waals surface area contributed by atoms with E-state index in [0.29, 0.717) is 0 Å². The molecule has 0 aliphatic carbocycles. The number of aryl methyl sites for hydroxylation is 1. The highest BCUT2D eigenvalue weighted by Crippen LogP contribution is 2.30. The number of benzene rings is 2. The van der Waals surface area contributed by atoms with Crippen molar-refractivity contribution in [3.05, 3.63) is 70.2 Å². The molecule has 0 saturated heterocycles. The van der Waals surface area contributed by atoms with E-state index in [-0.39, 0.29) is 11.7 Å². The van der Waals surface area contributed by atoms with E-state index < -0.39 is 0 Å². The zero-order valence-electron chi connectivity index (χ0n) is 15.0. The zero-order valence-corrected chi connectivity index (χ0v) is 18.2. The summed E-state index contributed by atoms with van der Waals surface area (Å²) in [5, 5.41) is 13.0. The van der Waals surface area contributed by atoms with Crippen LogP contribution < -0.4 is 5.43 Å². The molecule has 0 spiro atoms. The molecule has 0 fully saturated rings. The van der Waals surface area contributed by atoms with Crippen LogP contribution in [0.5, 0.6) is 0 Å². The van der Waals surface area contributed by atoms with Crippen molar-refractivity contribution in [3.8, 4) is 0 Å². The lowest BCUT2D eigenvalue weighted by atomic mass is 10.2. The van der Waals surface area contributed by atoms with Crippen LogP contribution in [0.3, 0.4) is 0 Å². The van der Waals surface area contributed by atoms with Gasteiger partial charge in [-0.3, -0.25) is 4.79 Å². The summed E-state index contributed by atoms with van der Waals surface area (Å²) in [5.74, 6) is 0.853. The van der Waals surface area contributed by atoms with Crippen molar-refractivity contribution in [2.45, 2.75) is 21.4 Å². The van der Waals surface area contributed by atoms with E-state index in [1.807, 2.05) is 55.5 Å².